The predicted octanol–water partition coefficient (Wildman–Crippen LogP) is 2.31. The van der Waals surface area contributed by atoms with Gasteiger partial charge in [-0.1, -0.05) is 24.3 Å². The highest BCUT2D eigenvalue weighted by Gasteiger charge is 2.16. The van der Waals surface area contributed by atoms with Crippen LogP contribution in [0.2, 0.25) is 0 Å². The number of hydrogen-bond acceptors (Lipinski definition) is 5. The quantitative estimate of drug-likeness (QED) is 0.594. The molecule has 3 rings (SSSR count). The maximum Gasteiger partial charge on any atom is 0.241 e. The zero-order valence-electron chi connectivity index (χ0n) is 14.5. The Labute approximate surface area is 153 Å². The lowest BCUT2D eigenvalue weighted by atomic mass is 10.2. The van der Waals surface area contributed by atoms with Crippen LogP contribution < -0.4 is 14.8 Å². The Morgan fingerprint density at radius 3 is 2.62 bits per heavy atom. The van der Waals surface area contributed by atoms with Crippen molar-refractivity contribution in [1.82, 2.24) is 15.0 Å². The van der Waals surface area contributed by atoms with Crippen molar-refractivity contribution in [2.45, 2.75) is 11.4 Å². The van der Waals surface area contributed by atoms with Crippen LogP contribution in [-0.2, 0) is 16.6 Å². The SMILES string of the molecule is COc1ccc(CNCCNS(=O)(=O)c2cccc3cnccc23)cc1. The van der Waals surface area contributed by atoms with E-state index < -0.39 is 10.0 Å². The molecule has 0 bridgehead atoms. The van der Waals surface area contributed by atoms with E-state index in [4.69, 9.17) is 4.74 Å². The minimum Gasteiger partial charge on any atom is -0.497 e. The summed E-state index contributed by atoms with van der Waals surface area (Å²) in [7, 11) is -1.94. The Morgan fingerprint density at radius 2 is 1.85 bits per heavy atom. The first-order chi connectivity index (χ1) is 12.6. The first kappa shape index (κ1) is 18.3. The number of hydrogen-bond donors (Lipinski definition) is 2. The van der Waals surface area contributed by atoms with E-state index >= 15 is 0 Å². The number of fused-ring (bicyclic) bond motifs is 1. The molecule has 0 unspecified atom stereocenters. The number of aromatic nitrogens is 1. The predicted molar refractivity (Wildman–Crippen MR) is 102 cm³/mol. The lowest BCUT2D eigenvalue weighted by molar-refractivity contribution is 0.414. The van der Waals surface area contributed by atoms with Gasteiger partial charge >= 0.3 is 0 Å². The highest BCUT2D eigenvalue weighted by molar-refractivity contribution is 7.89. The van der Waals surface area contributed by atoms with Crippen molar-refractivity contribution < 1.29 is 13.2 Å². The average molecular weight is 371 g/mol. The molecule has 0 aliphatic rings. The van der Waals surface area contributed by atoms with Gasteiger partial charge in [0.15, 0.2) is 0 Å². The number of methoxy groups -OCH3 is 1. The van der Waals surface area contributed by atoms with Gasteiger partial charge in [0, 0.05) is 42.8 Å². The molecule has 26 heavy (non-hydrogen) atoms. The molecule has 0 fully saturated rings. The monoisotopic (exact) mass is 371 g/mol. The third-order valence-electron chi connectivity index (χ3n) is 4.01. The maximum absolute atomic E-state index is 12.6. The molecule has 1 heterocycles. The number of sulfonamides is 1. The van der Waals surface area contributed by atoms with Gasteiger partial charge in [0.2, 0.25) is 10.0 Å². The number of nitrogens with zero attached hydrogens (tertiary/aromatic N) is 1. The topological polar surface area (TPSA) is 80.3 Å². The number of rotatable bonds is 8. The van der Waals surface area contributed by atoms with Gasteiger partial charge in [-0.3, -0.25) is 4.98 Å². The zero-order chi connectivity index (χ0) is 18.4. The standard InChI is InChI=1S/C19H21N3O3S/c1-25-17-7-5-15(6-8-17)13-21-11-12-22-26(23,24)19-4-2-3-16-14-20-10-9-18(16)19/h2-10,14,21-22H,11-13H2,1H3. The summed E-state index contributed by atoms with van der Waals surface area (Å²) in [6, 6.07) is 14.6. The van der Waals surface area contributed by atoms with Crippen LogP contribution in [0.4, 0.5) is 0 Å². The molecule has 2 N–H and O–H groups in total. The normalized spacial score (nSPS) is 11.6. The Morgan fingerprint density at radius 1 is 1.04 bits per heavy atom. The smallest absolute Gasteiger partial charge is 0.241 e. The Balaban J connectivity index is 1.55. The molecule has 2 aromatic carbocycles. The van der Waals surface area contributed by atoms with Crippen molar-refractivity contribution >= 4 is 20.8 Å². The minimum atomic E-state index is -3.58. The van der Waals surface area contributed by atoms with E-state index in [9.17, 15) is 8.42 Å². The van der Waals surface area contributed by atoms with E-state index in [1.54, 1.807) is 37.7 Å². The van der Waals surface area contributed by atoms with Gasteiger partial charge < -0.3 is 10.1 Å². The molecule has 0 aliphatic carbocycles. The third kappa shape index (κ3) is 4.37. The fraction of sp³-hybridized carbons (Fsp3) is 0.211. The molecule has 0 saturated heterocycles. The molecular formula is C19H21N3O3S. The van der Waals surface area contributed by atoms with Gasteiger partial charge in [0.1, 0.15) is 5.75 Å². The maximum atomic E-state index is 12.6. The van der Waals surface area contributed by atoms with E-state index in [2.05, 4.69) is 15.0 Å². The summed E-state index contributed by atoms with van der Waals surface area (Å²) in [6.45, 7) is 1.49. The third-order valence-corrected chi connectivity index (χ3v) is 5.53. The summed E-state index contributed by atoms with van der Waals surface area (Å²) in [5.41, 5.74) is 1.11. The van der Waals surface area contributed by atoms with Crippen LogP contribution in [0.3, 0.4) is 0 Å². The van der Waals surface area contributed by atoms with Crippen LogP contribution in [0.1, 0.15) is 5.56 Å². The van der Waals surface area contributed by atoms with Gasteiger partial charge in [0.05, 0.1) is 12.0 Å². The minimum absolute atomic E-state index is 0.271. The first-order valence-corrected chi connectivity index (χ1v) is 9.74. The number of ether oxygens (including phenoxy) is 1. The van der Waals surface area contributed by atoms with Crippen molar-refractivity contribution in [3.05, 3.63) is 66.5 Å². The summed E-state index contributed by atoms with van der Waals surface area (Å²) in [5.74, 6) is 0.812. The summed E-state index contributed by atoms with van der Waals surface area (Å²) in [6.07, 6.45) is 3.25. The second-order valence-corrected chi connectivity index (χ2v) is 7.51. The van der Waals surface area contributed by atoms with Crippen LogP contribution in [0, 0.1) is 0 Å². The van der Waals surface area contributed by atoms with Crippen LogP contribution >= 0.6 is 0 Å². The lowest BCUT2D eigenvalue weighted by Crippen LogP contribution is -2.31. The molecule has 7 heteroatoms. The number of nitrogens with one attached hydrogen (secondary N) is 2. The molecule has 6 nitrogen and oxygen atoms in total. The second kappa shape index (κ2) is 8.27. The van der Waals surface area contributed by atoms with Gasteiger partial charge in [-0.05, 0) is 29.8 Å². The Hall–Kier alpha value is -2.48. The average Bonchev–Trinajstić information content (AvgIpc) is 2.67. The zero-order valence-corrected chi connectivity index (χ0v) is 15.3. The van der Waals surface area contributed by atoms with Crippen molar-refractivity contribution in [3.8, 4) is 5.75 Å². The van der Waals surface area contributed by atoms with Crippen LogP contribution in [0.5, 0.6) is 5.75 Å². The molecule has 0 saturated carbocycles. The van der Waals surface area contributed by atoms with Crippen LogP contribution in [-0.4, -0.2) is 33.6 Å². The van der Waals surface area contributed by atoms with Crippen molar-refractivity contribution in [2.75, 3.05) is 20.2 Å². The first-order valence-electron chi connectivity index (χ1n) is 8.26. The van der Waals surface area contributed by atoms with E-state index in [-0.39, 0.29) is 4.90 Å². The second-order valence-electron chi connectivity index (χ2n) is 5.78. The summed E-state index contributed by atoms with van der Waals surface area (Å²) in [4.78, 5) is 4.30. The van der Waals surface area contributed by atoms with Gasteiger partial charge in [-0.15, -0.1) is 0 Å². The van der Waals surface area contributed by atoms with Crippen LogP contribution in [0.25, 0.3) is 10.8 Å². The van der Waals surface area contributed by atoms with E-state index in [0.29, 0.717) is 25.0 Å². The van der Waals surface area contributed by atoms with Crippen molar-refractivity contribution in [3.63, 3.8) is 0 Å². The number of benzene rings is 2. The molecule has 3 aromatic rings. The van der Waals surface area contributed by atoms with Gasteiger partial charge in [-0.25, -0.2) is 13.1 Å². The number of pyridine rings is 1. The molecule has 136 valence electrons. The van der Waals surface area contributed by atoms with Crippen molar-refractivity contribution in [2.24, 2.45) is 0 Å². The molecule has 1 aromatic heterocycles. The Bertz CT molecular complexity index is 967. The molecule has 0 spiro atoms. The van der Waals surface area contributed by atoms with Crippen LogP contribution in [0.15, 0.2) is 65.8 Å². The molecule has 0 radical (unpaired) electrons. The van der Waals surface area contributed by atoms with Crippen molar-refractivity contribution in [1.29, 1.82) is 0 Å². The summed E-state index contributed by atoms with van der Waals surface area (Å²) >= 11 is 0. The van der Waals surface area contributed by atoms with E-state index in [1.807, 2.05) is 30.3 Å². The molecular weight excluding hydrogens is 350 g/mol. The fourth-order valence-electron chi connectivity index (χ4n) is 2.65. The van der Waals surface area contributed by atoms with Gasteiger partial charge in [-0.2, -0.15) is 0 Å². The summed E-state index contributed by atoms with van der Waals surface area (Å²) < 4.78 is 32.9. The highest BCUT2D eigenvalue weighted by Crippen LogP contribution is 2.21. The van der Waals surface area contributed by atoms with E-state index in [0.717, 1.165) is 16.7 Å². The largest absolute Gasteiger partial charge is 0.497 e. The van der Waals surface area contributed by atoms with Gasteiger partial charge in [0.25, 0.3) is 0 Å². The molecule has 0 aliphatic heterocycles. The highest BCUT2D eigenvalue weighted by atomic mass is 32.2. The summed E-state index contributed by atoms with van der Waals surface area (Å²) in [5, 5.41) is 4.69. The van der Waals surface area contributed by atoms with E-state index in [1.165, 1.54) is 0 Å². The fourth-order valence-corrected chi connectivity index (χ4v) is 3.91. The molecule has 0 amide bonds. The molecule has 0 atom stereocenters. The lowest BCUT2D eigenvalue weighted by Gasteiger charge is -2.10. The Kier molecular flexibility index (Phi) is 5.82.